The van der Waals surface area contributed by atoms with Gasteiger partial charge in [0.2, 0.25) is 10.0 Å². The molecule has 3 rings (SSSR count). The molecule has 0 aliphatic heterocycles. The van der Waals surface area contributed by atoms with Crippen LogP contribution in [-0.4, -0.2) is 26.3 Å². The maximum absolute atomic E-state index is 13.7. The van der Waals surface area contributed by atoms with Crippen molar-refractivity contribution in [2.45, 2.75) is 31.0 Å². The summed E-state index contributed by atoms with van der Waals surface area (Å²) in [6.07, 6.45) is -3.62. The third-order valence-corrected chi connectivity index (χ3v) is 6.03. The van der Waals surface area contributed by atoms with Gasteiger partial charge in [-0.1, -0.05) is 6.07 Å². The second-order valence-electron chi connectivity index (χ2n) is 7.45. The van der Waals surface area contributed by atoms with Crippen LogP contribution in [0.2, 0.25) is 0 Å². The Morgan fingerprint density at radius 1 is 0.941 bits per heavy atom. The van der Waals surface area contributed by atoms with E-state index >= 15 is 0 Å². The summed E-state index contributed by atoms with van der Waals surface area (Å²) in [5.74, 6) is -1.78. The van der Waals surface area contributed by atoms with Gasteiger partial charge in [0, 0.05) is 17.3 Å². The standard InChI is InChI=1S/C22H20F3N3O5S/c1-13(2)28-34(31,32)16-6-3-5-14(11-16)20(29)27-18-9-8-15(12-17(18)22(23,24)25)26-21(30)19-7-4-10-33-19/h3-13,28H,1-2H3,(H,26,30)(H,27,29). The predicted molar refractivity (Wildman–Crippen MR) is 118 cm³/mol. The highest BCUT2D eigenvalue weighted by Gasteiger charge is 2.34. The molecule has 34 heavy (non-hydrogen) atoms. The van der Waals surface area contributed by atoms with Crippen LogP contribution in [0.3, 0.4) is 0 Å². The highest BCUT2D eigenvalue weighted by molar-refractivity contribution is 7.89. The van der Waals surface area contributed by atoms with E-state index in [-0.39, 0.29) is 21.9 Å². The molecule has 12 heteroatoms. The molecule has 8 nitrogen and oxygen atoms in total. The molecule has 0 radical (unpaired) electrons. The molecule has 0 bridgehead atoms. The molecule has 0 saturated heterocycles. The van der Waals surface area contributed by atoms with Crippen LogP contribution in [0, 0.1) is 0 Å². The number of rotatable bonds is 7. The number of halogens is 3. The van der Waals surface area contributed by atoms with Crippen molar-refractivity contribution in [2.75, 3.05) is 10.6 Å². The number of carbonyl (C=O) groups excluding carboxylic acids is 2. The van der Waals surface area contributed by atoms with Crippen LogP contribution in [0.5, 0.6) is 0 Å². The van der Waals surface area contributed by atoms with E-state index in [2.05, 4.69) is 15.4 Å². The first-order chi connectivity index (χ1) is 15.9. The normalized spacial score (nSPS) is 11.9. The van der Waals surface area contributed by atoms with Crippen molar-refractivity contribution in [3.05, 3.63) is 77.7 Å². The molecule has 0 atom stereocenters. The lowest BCUT2D eigenvalue weighted by Crippen LogP contribution is -2.30. The number of alkyl halides is 3. The average Bonchev–Trinajstić information content (AvgIpc) is 3.28. The molecular formula is C22H20F3N3O5S. The zero-order valence-corrected chi connectivity index (χ0v) is 18.8. The van der Waals surface area contributed by atoms with E-state index in [0.29, 0.717) is 6.07 Å². The molecular weight excluding hydrogens is 475 g/mol. The van der Waals surface area contributed by atoms with Crippen molar-refractivity contribution < 1.29 is 35.6 Å². The molecule has 0 spiro atoms. The predicted octanol–water partition coefficient (Wildman–Crippen LogP) is 4.49. The number of nitrogens with one attached hydrogen (secondary N) is 3. The Hall–Kier alpha value is -3.64. The second-order valence-corrected chi connectivity index (χ2v) is 9.16. The minimum absolute atomic E-state index is 0.0901. The number of carbonyl (C=O) groups is 2. The van der Waals surface area contributed by atoms with Crippen LogP contribution in [-0.2, 0) is 16.2 Å². The van der Waals surface area contributed by atoms with Crippen molar-refractivity contribution in [1.29, 1.82) is 0 Å². The quantitative estimate of drug-likeness (QED) is 0.447. The molecule has 1 aromatic heterocycles. The molecule has 0 unspecified atom stereocenters. The molecule has 2 amide bonds. The van der Waals surface area contributed by atoms with Crippen molar-refractivity contribution in [1.82, 2.24) is 4.72 Å². The van der Waals surface area contributed by atoms with Gasteiger partial charge in [0.15, 0.2) is 5.76 Å². The summed E-state index contributed by atoms with van der Waals surface area (Å²) in [6, 6.07) is 10.1. The third-order valence-electron chi connectivity index (χ3n) is 4.37. The summed E-state index contributed by atoms with van der Waals surface area (Å²) < 4.78 is 72.9. The van der Waals surface area contributed by atoms with Crippen molar-refractivity contribution in [3.8, 4) is 0 Å². The van der Waals surface area contributed by atoms with Gasteiger partial charge >= 0.3 is 6.18 Å². The molecule has 2 aromatic carbocycles. The summed E-state index contributed by atoms with van der Waals surface area (Å²) in [6.45, 7) is 3.24. The molecule has 0 saturated carbocycles. The Kier molecular flexibility index (Phi) is 7.12. The Balaban J connectivity index is 1.87. The van der Waals surface area contributed by atoms with Crippen LogP contribution in [0.1, 0.15) is 40.3 Å². The minimum Gasteiger partial charge on any atom is -0.459 e. The van der Waals surface area contributed by atoms with E-state index in [9.17, 15) is 31.2 Å². The molecule has 0 fully saturated rings. The first-order valence-corrected chi connectivity index (χ1v) is 11.3. The Morgan fingerprint density at radius 2 is 1.68 bits per heavy atom. The van der Waals surface area contributed by atoms with Crippen LogP contribution in [0.15, 0.2) is 70.2 Å². The van der Waals surface area contributed by atoms with Gasteiger partial charge in [-0.05, 0) is 62.4 Å². The SMILES string of the molecule is CC(C)NS(=O)(=O)c1cccc(C(=O)Nc2ccc(NC(=O)c3ccco3)cc2C(F)(F)F)c1. The summed E-state index contributed by atoms with van der Waals surface area (Å²) >= 11 is 0. The fraction of sp³-hybridized carbons (Fsp3) is 0.182. The van der Waals surface area contributed by atoms with Crippen LogP contribution < -0.4 is 15.4 Å². The topological polar surface area (TPSA) is 118 Å². The first kappa shape index (κ1) is 25.0. The van der Waals surface area contributed by atoms with E-state index in [1.54, 1.807) is 13.8 Å². The van der Waals surface area contributed by atoms with E-state index in [0.717, 1.165) is 12.1 Å². The summed E-state index contributed by atoms with van der Waals surface area (Å²) in [5, 5.41) is 4.45. The van der Waals surface area contributed by atoms with Crippen LogP contribution >= 0.6 is 0 Å². The van der Waals surface area contributed by atoms with Gasteiger partial charge in [-0.2, -0.15) is 13.2 Å². The Morgan fingerprint density at radius 3 is 2.29 bits per heavy atom. The van der Waals surface area contributed by atoms with Gasteiger partial charge in [-0.3, -0.25) is 9.59 Å². The Labute approximate surface area is 193 Å². The summed E-state index contributed by atoms with van der Waals surface area (Å²) in [7, 11) is -3.91. The summed E-state index contributed by atoms with van der Waals surface area (Å²) in [5.41, 5.74) is -2.10. The van der Waals surface area contributed by atoms with Crippen molar-refractivity contribution in [3.63, 3.8) is 0 Å². The smallest absolute Gasteiger partial charge is 0.418 e. The lowest BCUT2D eigenvalue weighted by Gasteiger charge is -2.16. The fourth-order valence-electron chi connectivity index (χ4n) is 2.94. The number of amides is 2. The van der Waals surface area contributed by atoms with Crippen molar-refractivity contribution in [2.24, 2.45) is 0 Å². The third kappa shape index (κ3) is 6.02. The number of benzene rings is 2. The van der Waals surface area contributed by atoms with Gasteiger partial charge < -0.3 is 15.1 Å². The molecule has 3 aromatic rings. The maximum Gasteiger partial charge on any atom is 0.418 e. The zero-order chi connectivity index (χ0) is 25.1. The lowest BCUT2D eigenvalue weighted by molar-refractivity contribution is -0.136. The highest BCUT2D eigenvalue weighted by Crippen LogP contribution is 2.37. The van der Waals surface area contributed by atoms with Crippen LogP contribution in [0.4, 0.5) is 24.5 Å². The number of hydrogen-bond acceptors (Lipinski definition) is 5. The maximum atomic E-state index is 13.7. The number of anilines is 2. The number of furan rings is 1. The molecule has 1 heterocycles. The van der Waals surface area contributed by atoms with E-state index in [4.69, 9.17) is 4.42 Å². The van der Waals surface area contributed by atoms with Gasteiger partial charge in [0.25, 0.3) is 11.8 Å². The van der Waals surface area contributed by atoms with Gasteiger partial charge in [0.1, 0.15) is 0 Å². The van der Waals surface area contributed by atoms with Gasteiger partial charge in [-0.25, -0.2) is 13.1 Å². The zero-order valence-electron chi connectivity index (χ0n) is 17.9. The fourth-order valence-corrected chi connectivity index (χ4v) is 4.24. The molecule has 3 N–H and O–H groups in total. The first-order valence-electron chi connectivity index (χ1n) is 9.86. The minimum atomic E-state index is -4.86. The van der Waals surface area contributed by atoms with E-state index in [1.165, 1.54) is 42.7 Å². The Bertz CT molecular complexity index is 1300. The van der Waals surface area contributed by atoms with E-state index < -0.39 is 45.3 Å². The lowest BCUT2D eigenvalue weighted by atomic mass is 10.1. The highest BCUT2D eigenvalue weighted by atomic mass is 32.2. The average molecular weight is 495 g/mol. The largest absolute Gasteiger partial charge is 0.459 e. The van der Waals surface area contributed by atoms with Gasteiger partial charge in [0.05, 0.1) is 22.4 Å². The van der Waals surface area contributed by atoms with E-state index in [1.807, 2.05) is 0 Å². The molecule has 0 aliphatic carbocycles. The number of hydrogen-bond donors (Lipinski definition) is 3. The number of sulfonamides is 1. The van der Waals surface area contributed by atoms with Gasteiger partial charge in [-0.15, -0.1) is 0 Å². The molecule has 0 aliphatic rings. The van der Waals surface area contributed by atoms with Crippen LogP contribution in [0.25, 0.3) is 0 Å². The molecule has 180 valence electrons. The van der Waals surface area contributed by atoms with Crippen molar-refractivity contribution >= 4 is 33.2 Å². The monoisotopic (exact) mass is 495 g/mol. The summed E-state index contributed by atoms with van der Waals surface area (Å²) in [4.78, 5) is 24.5. The second kappa shape index (κ2) is 9.69.